The molecule has 0 aliphatic rings. The molecule has 0 aliphatic heterocycles. The van der Waals surface area contributed by atoms with Crippen LogP contribution in [0.5, 0.6) is 0 Å². The fraction of sp³-hybridized carbons (Fsp3) is 0. The second-order valence-electron chi connectivity index (χ2n) is 0. The van der Waals surface area contributed by atoms with Crippen molar-refractivity contribution in [3.8, 4) is 0 Å². The normalized spacial score (nSPS) is 0. The monoisotopic (exact) mass is 524 g/mol. The van der Waals surface area contributed by atoms with Crippen molar-refractivity contribution >= 4 is 27.3 Å². The average Bonchev–Trinajstić information content (AvgIpc) is 0. The summed E-state index contributed by atoms with van der Waals surface area (Å²) in [7, 11) is 0. The van der Waals surface area contributed by atoms with Crippen LogP contribution in [0.3, 0.4) is 0 Å². The molecule has 52 valence electrons. The zero-order valence-electron chi connectivity index (χ0n) is 4.16. The third-order valence-electron chi connectivity index (χ3n) is 0. The Kier molecular flexibility index (Phi) is 1210. The van der Waals surface area contributed by atoms with E-state index in [2.05, 4.69) is 0 Å². The molecule has 4 radical (unpaired) electrons. The van der Waals surface area contributed by atoms with E-state index in [9.17, 15) is 0 Å². The van der Waals surface area contributed by atoms with Crippen molar-refractivity contribution in [2.75, 3.05) is 0 Å². The second kappa shape index (κ2) is 84.6. The molecule has 0 aliphatic carbocycles. The van der Waals surface area contributed by atoms with E-state index in [1.165, 1.54) is 0 Å². The van der Waals surface area contributed by atoms with E-state index in [1.54, 1.807) is 0 Å². The predicted molar refractivity (Wildman–Crippen MR) is 23.0 cm³/mol. The molecule has 0 unspecified atom stereocenters. The molecule has 4 nitrogen and oxygen atoms in total. The summed E-state index contributed by atoms with van der Waals surface area (Å²) in [6, 6.07) is 0. The molecule has 0 bridgehead atoms. The van der Waals surface area contributed by atoms with Gasteiger partial charge in [-0.05, 0) is 0 Å². The Labute approximate surface area is 121 Å². The maximum atomic E-state index is 0. The van der Waals surface area contributed by atoms with Crippen LogP contribution in [0.15, 0.2) is 0 Å². The molecule has 0 rings (SSSR count). The largest absolute Gasteiger partial charge is 0 e. The van der Waals surface area contributed by atoms with Crippen molar-refractivity contribution < 1.29 is 96.3 Å². The first-order valence-electron chi connectivity index (χ1n) is 0. The summed E-state index contributed by atoms with van der Waals surface area (Å²) in [6.07, 6.45) is 0. The van der Waals surface area contributed by atoms with Gasteiger partial charge in [0, 0.05) is 74.4 Å². The van der Waals surface area contributed by atoms with Crippen LogP contribution in [-0.2, 0) is 38.8 Å². The predicted octanol–water partition coefficient (Wildman–Crippen LogP) is -4.22. The number of rotatable bonds is 0. The van der Waals surface area contributed by atoms with Gasteiger partial charge in [0.05, 0.1) is 0 Å². The van der Waals surface area contributed by atoms with Crippen molar-refractivity contribution in [3.63, 3.8) is 0 Å². The van der Waals surface area contributed by atoms with E-state index in [0.717, 1.165) is 0 Å². The van der Waals surface area contributed by atoms with Gasteiger partial charge in [-0.3, -0.25) is 0 Å². The third-order valence-corrected chi connectivity index (χ3v) is 0. The van der Waals surface area contributed by atoms with Crippen molar-refractivity contribution in [1.29, 1.82) is 0 Å². The van der Waals surface area contributed by atoms with Gasteiger partial charge < -0.3 is 21.9 Å². The van der Waals surface area contributed by atoms with Gasteiger partial charge in [0.25, 0.3) is 0 Å². The van der Waals surface area contributed by atoms with E-state index in [4.69, 9.17) is 0 Å². The Morgan fingerprint density at radius 1 is 0.625 bits per heavy atom. The molecule has 0 amide bonds. The van der Waals surface area contributed by atoms with Crippen molar-refractivity contribution in [1.82, 2.24) is 0 Å². The molecular weight excluding hydrogens is 513 g/mol. The van der Waals surface area contributed by atoms with E-state index in [0.29, 0.717) is 0 Å². The quantitative estimate of drug-likeness (QED) is 0.286. The van der Waals surface area contributed by atoms with Gasteiger partial charge in [-0.2, -0.15) is 0 Å². The van der Waals surface area contributed by atoms with E-state index in [1.807, 2.05) is 0 Å². The van der Waals surface area contributed by atoms with Crippen LogP contribution in [0.2, 0.25) is 0 Å². The first kappa shape index (κ1) is 114. The smallest absolute Gasteiger partial charge is 0 e. The minimum absolute atomic E-state index is 0. The molecule has 0 aromatic heterocycles. The number of hydrogen-bond donors (Lipinski definition) is 0. The van der Waals surface area contributed by atoms with Crippen LogP contribution in [0.4, 0.5) is 0 Å². The fourth-order valence-electron chi connectivity index (χ4n) is 0. The summed E-state index contributed by atoms with van der Waals surface area (Å²) < 4.78 is 0. The standard InChI is InChI=1S/La.Mn.4H2O.Pb.Ti.2H/h;;4*1H2;;;;. The van der Waals surface area contributed by atoms with Gasteiger partial charge in [0.15, 0.2) is 0 Å². The fourth-order valence-corrected chi connectivity index (χ4v) is 0. The Morgan fingerprint density at radius 3 is 0.625 bits per heavy atom. The summed E-state index contributed by atoms with van der Waals surface area (Å²) in [5.74, 6) is 0. The minimum atomic E-state index is 0. The minimum Gasteiger partial charge on any atom is 0 e. The van der Waals surface area contributed by atoms with Gasteiger partial charge in [-0.15, -0.1) is 0 Å². The average molecular weight is 523 g/mol. The van der Waals surface area contributed by atoms with Crippen molar-refractivity contribution in [2.24, 2.45) is 0 Å². The van der Waals surface area contributed by atoms with Crippen molar-refractivity contribution in [3.05, 3.63) is 0 Å². The molecule has 0 heterocycles. The molecule has 0 atom stereocenters. The third kappa shape index (κ3) is 60.6. The summed E-state index contributed by atoms with van der Waals surface area (Å²) in [5.41, 5.74) is 0. The zero-order valence-corrected chi connectivity index (χ0v) is 16.0. The molecule has 0 saturated heterocycles. The molecule has 0 spiro atoms. The molecule has 0 fully saturated rings. The maximum Gasteiger partial charge on any atom is 0 e. The van der Waals surface area contributed by atoms with Crippen LogP contribution in [0.1, 0.15) is 0 Å². The SMILES string of the molecule is O.O.O.O.[La].[Mn].[PbH2].[Ti]. The summed E-state index contributed by atoms with van der Waals surface area (Å²) >= 11 is 0. The summed E-state index contributed by atoms with van der Waals surface area (Å²) in [5, 5.41) is 0. The first-order chi connectivity index (χ1) is 0. The van der Waals surface area contributed by atoms with Gasteiger partial charge in [-0.25, -0.2) is 0 Å². The van der Waals surface area contributed by atoms with Crippen LogP contribution in [-0.4, -0.2) is 49.2 Å². The zero-order chi connectivity index (χ0) is 0. The van der Waals surface area contributed by atoms with Gasteiger partial charge in [-0.1, -0.05) is 0 Å². The Morgan fingerprint density at radius 2 is 0.625 bits per heavy atom. The molecule has 0 aromatic carbocycles. The molecule has 0 saturated carbocycles. The van der Waals surface area contributed by atoms with Crippen LogP contribution < -0.4 is 0 Å². The molecule has 0 aromatic rings. The second-order valence-corrected chi connectivity index (χ2v) is 0. The van der Waals surface area contributed by atoms with Gasteiger partial charge in [0.1, 0.15) is 0 Å². The number of hydrogen-bond acceptors (Lipinski definition) is 0. The van der Waals surface area contributed by atoms with Crippen molar-refractivity contribution in [2.45, 2.75) is 0 Å². The topological polar surface area (TPSA) is 126 Å². The Hall–Kier alpha value is 3.19. The van der Waals surface area contributed by atoms with Gasteiger partial charge in [0.2, 0.25) is 0 Å². The van der Waals surface area contributed by atoms with Crippen LogP contribution in [0, 0.1) is 35.6 Å². The van der Waals surface area contributed by atoms with E-state index >= 15 is 0 Å². The molecular formula is H10LaMnO4PbTi. The molecule has 8 heteroatoms. The van der Waals surface area contributed by atoms with Crippen LogP contribution >= 0.6 is 0 Å². The van der Waals surface area contributed by atoms with Gasteiger partial charge >= 0.3 is 27.3 Å². The Bertz CT molecular complexity index is 16.0. The molecule has 8 heavy (non-hydrogen) atoms. The Balaban J connectivity index is 0. The van der Waals surface area contributed by atoms with E-state index in [-0.39, 0.29) is 124 Å². The molecule has 8 N–H and O–H groups in total. The van der Waals surface area contributed by atoms with E-state index < -0.39 is 0 Å². The first-order valence-corrected chi connectivity index (χ1v) is 0. The maximum absolute atomic E-state index is 0. The summed E-state index contributed by atoms with van der Waals surface area (Å²) in [6.45, 7) is 0. The summed E-state index contributed by atoms with van der Waals surface area (Å²) in [4.78, 5) is 0. The van der Waals surface area contributed by atoms with Crippen LogP contribution in [0.25, 0.3) is 0 Å².